The van der Waals surface area contributed by atoms with E-state index in [0.29, 0.717) is 6.42 Å². The molecule has 1 aromatic rings. The molecule has 0 aliphatic carbocycles. The Morgan fingerprint density at radius 2 is 1.88 bits per heavy atom. The lowest BCUT2D eigenvalue weighted by Crippen LogP contribution is -2.42. The first-order valence-electron chi connectivity index (χ1n) is 6.19. The van der Waals surface area contributed by atoms with Crippen molar-refractivity contribution in [1.29, 1.82) is 0 Å². The Morgan fingerprint density at radius 3 is 2.41 bits per heavy atom. The molecule has 0 unspecified atom stereocenters. The molecule has 0 aromatic heterocycles. The van der Waals surface area contributed by atoms with Crippen molar-refractivity contribution in [3.8, 4) is 5.75 Å². The molecule has 0 aliphatic heterocycles. The molecule has 1 aromatic carbocycles. The standard InChI is InChI=1S/C14H21NO2/c1-4-11(3)15-14(16)13(5-2)17-12-9-7-6-8-10-12/h6-11,13H,4-5H2,1-3H3,(H,15,16)/t11-,13+/m1/s1. The number of ether oxygens (including phenoxy) is 1. The minimum atomic E-state index is -0.411. The fraction of sp³-hybridized carbons (Fsp3) is 0.500. The van der Waals surface area contributed by atoms with Crippen LogP contribution in [0, 0.1) is 0 Å². The van der Waals surface area contributed by atoms with Gasteiger partial charge in [0.25, 0.3) is 5.91 Å². The second-order valence-corrected chi connectivity index (χ2v) is 4.15. The highest BCUT2D eigenvalue weighted by atomic mass is 16.5. The van der Waals surface area contributed by atoms with Crippen LogP contribution >= 0.6 is 0 Å². The zero-order chi connectivity index (χ0) is 12.7. The summed E-state index contributed by atoms with van der Waals surface area (Å²) in [7, 11) is 0. The van der Waals surface area contributed by atoms with Gasteiger partial charge in [-0.3, -0.25) is 4.79 Å². The van der Waals surface area contributed by atoms with E-state index in [-0.39, 0.29) is 11.9 Å². The number of amides is 1. The number of hydrogen-bond acceptors (Lipinski definition) is 2. The zero-order valence-corrected chi connectivity index (χ0v) is 10.8. The van der Waals surface area contributed by atoms with Crippen molar-refractivity contribution in [2.75, 3.05) is 0 Å². The van der Waals surface area contributed by atoms with Crippen molar-refractivity contribution >= 4 is 5.91 Å². The minimum Gasteiger partial charge on any atom is -0.481 e. The molecule has 0 aliphatic rings. The van der Waals surface area contributed by atoms with E-state index in [4.69, 9.17) is 4.74 Å². The molecule has 2 atom stereocenters. The number of carbonyl (C=O) groups is 1. The van der Waals surface area contributed by atoms with Crippen LogP contribution < -0.4 is 10.1 Å². The monoisotopic (exact) mass is 235 g/mol. The van der Waals surface area contributed by atoms with Gasteiger partial charge in [-0.1, -0.05) is 32.0 Å². The molecule has 1 rings (SSSR count). The molecule has 1 amide bonds. The lowest BCUT2D eigenvalue weighted by molar-refractivity contribution is -0.128. The lowest BCUT2D eigenvalue weighted by atomic mass is 10.2. The quantitative estimate of drug-likeness (QED) is 0.823. The van der Waals surface area contributed by atoms with Crippen LogP contribution in [-0.2, 0) is 4.79 Å². The lowest BCUT2D eigenvalue weighted by Gasteiger charge is -2.19. The average molecular weight is 235 g/mol. The van der Waals surface area contributed by atoms with Crippen LogP contribution in [0.25, 0.3) is 0 Å². The first-order chi connectivity index (χ1) is 8.17. The summed E-state index contributed by atoms with van der Waals surface area (Å²) in [5, 5.41) is 2.94. The number of nitrogens with one attached hydrogen (secondary N) is 1. The van der Waals surface area contributed by atoms with Gasteiger partial charge < -0.3 is 10.1 Å². The Labute approximate surface area is 103 Å². The molecular weight excluding hydrogens is 214 g/mol. The Bertz CT molecular complexity index is 337. The molecule has 0 bridgehead atoms. The normalized spacial score (nSPS) is 13.8. The van der Waals surface area contributed by atoms with Crippen LogP contribution in [0.1, 0.15) is 33.6 Å². The van der Waals surface area contributed by atoms with Gasteiger partial charge in [0.2, 0.25) is 0 Å². The molecule has 0 heterocycles. The third-order valence-corrected chi connectivity index (χ3v) is 2.69. The molecule has 0 radical (unpaired) electrons. The van der Waals surface area contributed by atoms with Gasteiger partial charge in [0.15, 0.2) is 6.10 Å². The summed E-state index contributed by atoms with van der Waals surface area (Å²) in [6.07, 6.45) is 1.18. The number of carbonyl (C=O) groups excluding carboxylic acids is 1. The highest BCUT2D eigenvalue weighted by Crippen LogP contribution is 2.12. The van der Waals surface area contributed by atoms with Crippen LogP contribution in [0.3, 0.4) is 0 Å². The van der Waals surface area contributed by atoms with Gasteiger partial charge in [-0.2, -0.15) is 0 Å². The molecule has 3 nitrogen and oxygen atoms in total. The van der Waals surface area contributed by atoms with Crippen LogP contribution in [0.5, 0.6) is 5.75 Å². The third kappa shape index (κ3) is 4.47. The van der Waals surface area contributed by atoms with E-state index in [1.165, 1.54) is 0 Å². The smallest absolute Gasteiger partial charge is 0.261 e. The second kappa shape index (κ2) is 6.94. The number of benzene rings is 1. The predicted molar refractivity (Wildman–Crippen MR) is 69.0 cm³/mol. The van der Waals surface area contributed by atoms with E-state index in [1.54, 1.807) is 0 Å². The highest BCUT2D eigenvalue weighted by molar-refractivity contribution is 5.81. The summed E-state index contributed by atoms with van der Waals surface area (Å²) in [4.78, 5) is 11.9. The van der Waals surface area contributed by atoms with Gasteiger partial charge in [0.05, 0.1) is 0 Å². The molecule has 1 N–H and O–H groups in total. The van der Waals surface area contributed by atoms with Crippen molar-refractivity contribution in [2.45, 2.75) is 45.8 Å². The molecule has 3 heteroatoms. The zero-order valence-electron chi connectivity index (χ0n) is 10.8. The van der Waals surface area contributed by atoms with Gasteiger partial charge in [0.1, 0.15) is 5.75 Å². The van der Waals surface area contributed by atoms with Crippen LogP contribution in [0.4, 0.5) is 0 Å². The maximum atomic E-state index is 11.9. The van der Waals surface area contributed by atoms with Crippen molar-refractivity contribution < 1.29 is 9.53 Å². The van der Waals surface area contributed by atoms with Gasteiger partial charge >= 0.3 is 0 Å². The SMILES string of the molecule is CC[C@@H](C)NC(=O)[C@H](CC)Oc1ccccc1. The maximum absolute atomic E-state index is 11.9. The van der Waals surface area contributed by atoms with Crippen molar-refractivity contribution in [3.05, 3.63) is 30.3 Å². The molecule has 0 spiro atoms. The maximum Gasteiger partial charge on any atom is 0.261 e. The minimum absolute atomic E-state index is 0.0364. The molecule has 17 heavy (non-hydrogen) atoms. The number of hydrogen-bond donors (Lipinski definition) is 1. The van der Waals surface area contributed by atoms with E-state index in [0.717, 1.165) is 12.2 Å². The third-order valence-electron chi connectivity index (χ3n) is 2.69. The Kier molecular flexibility index (Phi) is 5.53. The Balaban J connectivity index is 2.56. The van der Waals surface area contributed by atoms with Crippen molar-refractivity contribution in [2.24, 2.45) is 0 Å². The average Bonchev–Trinajstić information content (AvgIpc) is 2.36. The van der Waals surface area contributed by atoms with E-state index >= 15 is 0 Å². The fourth-order valence-corrected chi connectivity index (χ4v) is 1.42. The van der Waals surface area contributed by atoms with E-state index in [9.17, 15) is 4.79 Å². The molecule has 0 fully saturated rings. The van der Waals surface area contributed by atoms with Crippen molar-refractivity contribution in [1.82, 2.24) is 5.32 Å². The Morgan fingerprint density at radius 1 is 1.24 bits per heavy atom. The van der Waals surface area contributed by atoms with E-state index in [1.807, 2.05) is 51.1 Å². The molecular formula is C14H21NO2. The van der Waals surface area contributed by atoms with Gasteiger partial charge in [-0.05, 0) is 31.9 Å². The first kappa shape index (κ1) is 13.6. The predicted octanol–water partition coefficient (Wildman–Crippen LogP) is 2.76. The van der Waals surface area contributed by atoms with E-state index < -0.39 is 6.10 Å². The topological polar surface area (TPSA) is 38.3 Å². The van der Waals surface area contributed by atoms with Gasteiger partial charge in [0, 0.05) is 6.04 Å². The number of para-hydroxylation sites is 1. The molecule has 94 valence electrons. The van der Waals surface area contributed by atoms with Crippen LogP contribution in [0.15, 0.2) is 30.3 Å². The van der Waals surface area contributed by atoms with E-state index in [2.05, 4.69) is 5.32 Å². The number of rotatable bonds is 6. The highest BCUT2D eigenvalue weighted by Gasteiger charge is 2.19. The summed E-state index contributed by atoms with van der Waals surface area (Å²) in [6, 6.07) is 9.63. The first-order valence-corrected chi connectivity index (χ1v) is 6.19. The summed E-state index contributed by atoms with van der Waals surface area (Å²) in [5.74, 6) is 0.698. The summed E-state index contributed by atoms with van der Waals surface area (Å²) in [5.41, 5.74) is 0. The summed E-state index contributed by atoms with van der Waals surface area (Å²) >= 11 is 0. The van der Waals surface area contributed by atoms with Gasteiger partial charge in [-0.15, -0.1) is 0 Å². The summed E-state index contributed by atoms with van der Waals surface area (Å²) < 4.78 is 5.66. The van der Waals surface area contributed by atoms with Crippen LogP contribution in [0.2, 0.25) is 0 Å². The molecule has 0 saturated carbocycles. The van der Waals surface area contributed by atoms with Gasteiger partial charge in [-0.25, -0.2) is 0 Å². The fourth-order valence-electron chi connectivity index (χ4n) is 1.42. The second-order valence-electron chi connectivity index (χ2n) is 4.15. The largest absolute Gasteiger partial charge is 0.481 e. The van der Waals surface area contributed by atoms with Crippen molar-refractivity contribution in [3.63, 3.8) is 0 Å². The van der Waals surface area contributed by atoms with Crippen LogP contribution in [-0.4, -0.2) is 18.1 Å². The molecule has 0 saturated heterocycles. The summed E-state index contributed by atoms with van der Waals surface area (Å²) in [6.45, 7) is 5.99. The Hall–Kier alpha value is -1.51.